The van der Waals surface area contributed by atoms with E-state index in [2.05, 4.69) is 16.0 Å². The number of aliphatic carboxylic acids is 1. The zero-order valence-corrected chi connectivity index (χ0v) is 11.2. The molecule has 7 heteroatoms. The highest BCUT2D eigenvalue weighted by molar-refractivity contribution is 5.83. The molecular formula is C12H21N3O4. The van der Waals surface area contributed by atoms with E-state index in [0.29, 0.717) is 6.04 Å². The van der Waals surface area contributed by atoms with Crippen molar-refractivity contribution in [2.75, 3.05) is 6.54 Å². The first kappa shape index (κ1) is 15.3. The minimum absolute atomic E-state index is 0.0959. The second kappa shape index (κ2) is 6.96. The second-order valence-corrected chi connectivity index (χ2v) is 5.05. The van der Waals surface area contributed by atoms with Crippen LogP contribution in [-0.2, 0) is 9.59 Å². The van der Waals surface area contributed by atoms with Gasteiger partial charge in [0.05, 0.1) is 0 Å². The van der Waals surface area contributed by atoms with Gasteiger partial charge < -0.3 is 21.1 Å². The number of urea groups is 1. The van der Waals surface area contributed by atoms with Gasteiger partial charge in [-0.25, -0.2) is 9.59 Å². The largest absolute Gasteiger partial charge is 0.480 e. The number of carboxylic acid groups (broad SMARTS) is 1. The molecule has 0 aromatic rings. The average Bonchev–Trinajstić information content (AvgIpc) is 3.08. The Kier molecular flexibility index (Phi) is 5.59. The zero-order chi connectivity index (χ0) is 14.4. The number of nitrogens with one attached hydrogen (secondary N) is 3. The van der Waals surface area contributed by atoms with Crippen LogP contribution in [0, 0.1) is 5.92 Å². The first-order valence-electron chi connectivity index (χ1n) is 6.46. The van der Waals surface area contributed by atoms with Crippen LogP contribution in [0.15, 0.2) is 0 Å². The molecule has 7 nitrogen and oxygen atoms in total. The predicted molar refractivity (Wildman–Crippen MR) is 68.6 cm³/mol. The Hall–Kier alpha value is -1.79. The molecule has 1 rings (SSSR count). The van der Waals surface area contributed by atoms with Gasteiger partial charge in [-0.1, -0.05) is 13.8 Å². The van der Waals surface area contributed by atoms with Gasteiger partial charge in [-0.3, -0.25) is 4.79 Å². The summed E-state index contributed by atoms with van der Waals surface area (Å²) in [5.41, 5.74) is 0. The molecule has 1 saturated carbocycles. The van der Waals surface area contributed by atoms with E-state index in [1.807, 2.05) is 0 Å². The third-order valence-corrected chi connectivity index (χ3v) is 2.80. The Morgan fingerprint density at radius 3 is 2.37 bits per heavy atom. The summed E-state index contributed by atoms with van der Waals surface area (Å²) in [6.45, 7) is 3.61. The fourth-order valence-electron chi connectivity index (χ4n) is 1.52. The summed E-state index contributed by atoms with van der Waals surface area (Å²) >= 11 is 0. The molecular weight excluding hydrogens is 250 g/mol. The van der Waals surface area contributed by atoms with E-state index in [0.717, 1.165) is 12.8 Å². The van der Waals surface area contributed by atoms with E-state index in [-0.39, 0.29) is 24.8 Å². The van der Waals surface area contributed by atoms with E-state index in [9.17, 15) is 14.4 Å². The van der Waals surface area contributed by atoms with Crippen LogP contribution >= 0.6 is 0 Å². The molecule has 0 unspecified atom stereocenters. The van der Waals surface area contributed by atoms with Crippen molar-refractivity contribution in [2.45, 2.75) is 45.2 Å². The topological polar surface area (TPSA) is 108 Å². The number of rotatable bonds is 7. The summed E-state index contributed by atoms with van der Waals surface area (Å²) in [6, 6.07) is -1.20. The van der Waals surface area contributed by atoms with E-state index < -0.39 is 18.0 Å². The van der Waals surface area contributed by atoms with Crippen molar-refractivity contribution in [3.05, 3.63) is 0 Å². The van der Waals surface area contributed by atoms with Gasteiger partial charge in [0.1, 0.15) is 6.04 Å². The molecule has 3 amide bonds. The smallest absolute Gasteiger partial charge is 0.326 e. The predicted octanol–water partition coefficient (Wildman–Crippen LogP) is 0.0635. The number of carboxylic acids is 1. The van der Waals surface area contributed by atoms with Gasteiger partial charge in [0, 0.05) is 19.0 Å². The third kappa shape index (κ3) is 6.08. The summed E-state index contributed by atoms with van der Waals surface area (Å²) < 4.78 is 0. The first-order valence-corrected chi connectivity index (χ1v) is 6.46. The van der Waals surface area contributed by atoms with Crippen molar-refractivity contribution < 1.29 is 19.5 Å². The lowest BCUT2D eigenvalue weighted by atomic mass is 10.1. The molecule has 1 aliphatic carbocycles. The zero-order valence-electron chi connectivity index (χ0n) is 11.2. The van der Waals surface area contributed by atoms with Gasteiger partial charge in [-0.15, -0.1) is 0 Å². The van der Waals surface area contributed by atoms with Gasteiger partial charge in [-0.05, 0) is 18.8 Å². The van der Waals surface area contributed by atoms with Crippen LogP contribution in [0.25, 0.3) is 0 Å². The van der Waals surface area contributed by atoms with Crippen molar-refractivity contribution in [1.82, 2.24) is 16.0 Å². The molecule has 108 valence electrons. The molecule has 0 aliphatic heterocycles. The number of carbonyl (C=O) groups excluding carboxylic acids is 2. The minimum Gasteiger partial charge on any atom is -0.480 e. The molecule has 0 saturated heterocycles. The third-order valence-electron chi connectivity index (χ3n) is 2.80. The normalized spacial score (nSPS) is 15.7. The van der Waals surface area contributed by atoms with Crippen LogP contribution in [0.5, 0.6) is 0 Å². The molecule has 1 fully saturated rings. The molecule has 0 bridgehead atoms. The number of hydrogen-bond acceptors (Lipinski definition) is 3. The molecule has 19 heavy (non-hydrogen) atoms. The van der Waals surface area contributed by atoms with Crippen LogP contribution in [0.1, 0.15) is 33.1 Å². The van der Waals surface area contributed by atoms with Gasteiger partial charge in [-0.2, -0.15) is 0 Å². The van der Waals surface area contributed by atoms with Crippen molar-refractivity contribution in [3.63, 3.8) is 0 Å². The average molecular weight is 271 g/mol. The number of amides is 3. The summed E-state index contributed by atoms with van der Waals surface area (Å²) in [5.74, 6) is -1.38. The van der Waals surface area contributed by atoms with Gasteiger partial charge in [0.15, 0.2) is 0 Å². The van der Waals surface area contributed by atoms with Crippen molar-refractivity contribution in [3.8, 4) is 0 Å². The fourth-order valence-corrected chi connectivity index (χ4v) is 1.52. The van der Waals surface area contributed by atoms with E-state index in [1.54, 1.807) is 13.8 Å². The van der Waals surface area contributed by atoms with Crippen molar-refractivity contribution in [1.29, 1.82) is 0 Å². The molecule has 1 aliphatic rings. The van der Waals surface area contributed by atoms with Crippen molar-refractivity contribution in [2.24, 2.45) is 5.92 Å². The molecule has 0 spiro atoms. The first-order chi connectivity index (χ1) is 8.90. The Bertz CT molecular complexity index is 353. The van der Waals surface area contributed by atoms with E-state index in [1.165, 1.54) is 0 Å². The SMILES string of the molecule is CC(C)[C@@H](NC(=O)NCCC(=O)NC1CC1)C(=O)O. The monoisotopic (exact) mass is 271 g/mol. The highest BCUT2D eigenvalue weighted by Crippen LogP contribution is 2.18. The Morgan fingerprint density at radius 2 is 1.89 bits per heavy atom. The molecule has 0 aromatic heterocycles. The lowest BCUT2D eigenvalue weighted by molar-refractivity contribution is -0.140. The highest BCUT2D eigenvalue weighted by Gasteiger charge is 2.24. The summed E-state index contributed by atoms with van der Waals surface area (Å²) in [6.07, 6.45) is 2.24. The highest BCUT2D eigenvalue weighted by atomic mass is 16.4. The van der Waals surface area contributed by atoms with E-state index >= 15 is 0 Å². The van der Waals surface area contributed by atoms with Crippen LogP contribution < -0.4 is 16.0 Å². The second-order valence-electron chi connectivity index (χ2n) is 5.05. The molecule has 4 N–H and O–H groups in total. The Labute approximate surface area is 112 Å². The lowest BCUT2D eigenvalue weighted by Crippen LogP contribution is -2.49. The number of hydrogen-bond donors (Lipinski definition) is 4. The molecule has 0 heterocycles. The summed E-state index contributed by atoms with van der Waals surface area (Å²) in [5, 5.41) is 16.5. The van der Waals surface area contributed by atoms with Crippen molar-refractivity contribution >= 4 is 17.9 Å². The maximum Gasteiger partial charge on any atom is 0.326 e. The quantitative estimate of drug-likeness (QED) is 0.525. The van der Waals surface area contributed by atoms with Crippen LogP contribution in [0.2, 0.25) is 0 Å². The standard InChI is InChI=1S/C12H21N3O4/c1-7(2)10(11(17)18)15-12(19)13-6-5-9(16)14-8-3-4-8/h7-8,10H,3-6H2,1-2H3,(H,14,16)(H,17,18)(H2,13,15,19)/t10-/m1/s1. The lowest BCUT2D eigenvalue weighted by Gasteiger charge is -2.18. The van der Waals surface area contributed by atoms with Crippen LogP contribution in [-0.4, -0.2) is 41.6 Å². The molecule has 0 aromatic carbocycles. The van der Waals surface area contributed by atoms with Crippen LogP contribution in [0.4, 0.5) is 4.79 Å². The maximum absolute atomic E-state index is 11.5. The Morgan fingerprint density at radius 1 is 1.26 bits per heavy atom. The van der Waals surface area contributed by atoms with Gasteiger partial charge in [0.2, 0.25) is 5.91 Å². The van der Waals surface area contributed by atoms with E-state index in [4.69, 9.17) is 5.11 Å². The molecule has 1 atom stereocenters. The molecule has 0 radical (unpaired) electrons. The summed E-state index contributed by atoms with van der Waals surface area (Å²) in [4.78, 5) is 33.7. The van der Waals surface area contributed by atoms with Gasteiger partial charge in [0.25, 0.3) is 0 Å². The minimum atomic E-state index is -1.07. The van der Waals surface area contributed by atoms with Crippen LogP contribution in [0.3, 0.4) is 0 Å². The Balaban J connectivity index is 2.18. The maximum atomic E-state index is 11.5. The number of carbonyl (C=O) groups is 3. The van der Waals surface area contributed by atoms with Gasteiger partial charge >= 0.3 is 12.0 Å². The summed E-state index contributed by atoms with van der Waals surface area (Å²) in [7, 11) is 0. The fraction of sp³-hybridized carbons (Fsp3) is 0.750.